The van der Waals surface area contributed by atoms with E-state index in [1.807, 2.05) is 6.07 Å². The van der Waals surface area contributed by atoms with Gasteiger partial charge in [-0.3, -0.25) is 4.79 Å². The molecule has 0 aliphatic carbocycles. The Morgan fingerprint density at radius 2 is 1.79 bits per heavy atom. The number of hydrogen-bond donors (Lipinski definition) is 0. The van der Waals surface area contributed by atoms with Crippen LogP contribution in [0.2, 0.25) is 5.02 Å². The molecule has 0 bridgehead atoms. The molecule has 0 spiro atoms. The predicted molar refractivity (Wildman–Crippen MR) is 107 cm³/mol. The molecule has 0 saturated heterocycles. The van der Waals surface area contributed by atoms with Gasteiger partial charge in [-0.2, -0.15) is 5.26 Å². The molecule has 3 aromatic carbocycles. The third kappa shape index (κ3) is 5.29. The Balaban J connectivity index is 1.68. The van der Waals surface area contributed by atoms with E-state index in [-0.39, 0.29) is 12.2 Å². The lowest BCUT2D eigenvalue weighted by atomic mass is 10.0. The third-order valence-corrected chi connectivity index (χ3v) is 4.18. The van der Waals surface area contributed by atoms with Crippen molar-refractivity contribution in [1.82, 2.24) is 0 Å². The standard InChI is InChI=1S/C23H15ClFNO2/c24-20-3-1-2-18(14-20)19(15-26)12-16-6-10-22(11-7-16)28-23(27)13-17-4-8-21(25)9-5-17/h1-12,14H,13H2/b19-12-. The minimum atomic E-state index is -0.438. The van der Waals surface area contributed by atoms with Gasteiger partial charge in [0.25, 0.3) is 0 Å². The van der Waals surface area contributed by atoms with E-state index in [2.05, 4.69) is 6.07 Å². The van der Waals surface area contributed by atoms with E-state index in [4.69, 9.17) is 16.3 Å². The fraction of sp³-hybridized carbons (Fsp3) is 0.0435. The molecular weight excluding hydrogens is 377 g/mol. The maximum Gasteiger partial charge on any atom is 0.315 e. The summed E-state index contributed by atoms with van der Waals surface area (Å²) in [6.07, 6.45) is 1.78. The number of carbonyl (C=O) groups is 1. The number of halogens is 2. The van der Waals surface area contributed by atoms with Crippen molar-refractivity contribution in [2.75, 3.05) is 0 Å². The number of hydrogen-bond acceptors (Lipinski definition) is 3. The number of rotatable bonds is 5. The number of esters is 1. The van der Waals surface area contributed by atoms with Crippen LogP contribution in [-0.2, 0) is 11.2 Å². The van der Waals surface area contributed by atoms with E-state index in [1.165, 1.54) is 12.1 Å². The minimum Gasteiger partial charge on any atom is -0.426 e. The van der Waals surface area contributed by atoms with Crippen LogP contribution in [0.1, 0.15) is 16.7 Å². The lowest BCUT2D eigenvalue weighted by molar-refractivity contribution is -0.133. The molecule has 3 nitrogen and oxygen atoms in total. The van der Waals surface area contributed by atoms with Gasteiger partial charge in [0, 0.05) is 5.02 Å². The molecule has 5 heteroatoms. The largest absolute Gasteiger partial charge is 0.426 e. The van der Waals surface area contributed by atoms with Gasteiger partial charge in [-0.15, -0.1) is 0 Å². The SMILES string of the molecule is N#C/C(=C/c1ccc(OC(=O)Cc2ccc(F)cc2)cc1)c1cccc(Cl)c1. The second kappa shape index (κ2) is 8.98. The number of carbonyl (C=O) groups excluding carboxylic acids is 1. The first-order chi connectivity index (χ1) is 13.5. The molecular formula is C23H15ClFNO2. The van der Waals surface area contributed by atoms with Crippen molar-refractivity contribution in [3.05, 3.63) is 100 Å². The van der Waals surface area contributed by atoms with Crippen LogP contribution in [0, 0.1) is 17.1 Å². The van der Waals surface area contributed by atoms with Gasteiger partial charge >= 0.3 is 5.97 Å². The van der Waals surface area contributed by atoms with E-state index >= 15 is 0 Å². The van der Waals surface area contributed by atoms with Crippen LogP contribution in [0.25, 0.3) is 11.6 Å². The van der Waals surface area contributed by atoms with Gasteiger partial charge in [0.2, 0.25) is 0 Å². The molecule has 0 aliphatic heterocycles. The van der Waals surface area contributed by atoms with Crippen LogP contribution < -0.4 is 4.74 Å². The topological polar surface area (TPSA) is 50.1 Å². The molecule has 3 rings (SSSR count). The number of allylic oxidation sites excluding steroid dienone is 1. The second-order valence-corrected chi connectivity index (χ2v) is 6.46. The smallest absolute Gasteiger partial charge is 0.315 e. The summed E-state index contributed by atoms with van der Waals surface area (Å²) in [5.74, 6) is -0.396. The van der Waals surface area contributed by atoms with Gasteiger partial charge < -0.3 is 4.74 Å². The summed E-state index contributed by atoms with van der Waals surface area (Å²) >= 11 is 5.98. The molecule has 28 heavy (non-hydrogen) atoms. The molecule has 0 atom stereocenters. The van der Waals surface area contributed by atoms with Gasteiger partial charge in [0.05, 0.1) is 18.1 Å². The van der Waals surface area contributed by atoms with Crippen LogP contribution in [0.4, 0.5) is 4.39 Å². The lowest BCUT2D eigenvalue weighted by Gasteiger charge is -2.05. The molecule has 0 heterocycles. The number of nitrogens with zero attached hydrogens (tertiary/aromatic N) is 1. The Labute approximate surface area is 167 Å². The van der Waals surface area contributed by atoms with Crippen molar-refractivity contribution in [3.8, 4) is 11.8 Å². The van der Waals surface area contributed by atoms with Gasteiger partial charge in [-0.05, 0) is 59.2 Å². The summed E-state index contributed by atoms with van der Waals surface area (Å²) in [5.41, 5.74) is 2.66. The Morgan fingerprint density at radius 1 is 1.07 bits per heavy atom. The average molecular weight is 392 g/mol. The minimum absolute atomic E-state index is 0.0509. The molecule has 0 amide bonds. The van der Waals surface area contributed by atoms with Crippen molar-refractivity contribution in [1.29, 1.82) is 5.26 Å². The van der Waals surface area contributed by atoms with E-state index in [1.54, 1.807) is 60.7 Å². The molecule has 0 radical (unpaired) electrons. The molecule has 0 unspecified atom stereocenters. The monoisotopic (exact) mass is 391 g/mol. The van der Waals surface area contributed by atoms with E-state index in [0.717, 1.165) is 11.1 Å². The van der Waals surface area contributed by atoms with Crippen molar-refractivity contribution in [3.63, 3.8) is 0 Å². The highest BCUT2D eigenvalue weighted by molar-refractivity contribution is 6.30. The highest BCUT2D eigenvalue weighted by atomic mass is 35.5. The quantitative estimate of drug-likeness (QED) is 0.243. The van der Waals surface area contributed by atoms with Crippen molar-refractivity contribution >= 4 is 29.2 Å². The van der Waals surface area contributed by atoms with E-state index < -0.39 is 5.97 Å². The highest BCUT2D eigenvalue weighted by Crippen LogP contribution is 2.22. The van der Waals surface area contributed by atoms with Crippen LogP contribution in [-0.4, -0.2) is 5.97 Å². The average Bonchev–Trinajstić information content (AvgIpc) is 2.69. The zero-order valence-corrected chi connectivity index (χ0v) is 15.5. The normalized spacial score (nSPS) is 11.0. The first-order valence-electron chi connectivity index (χ1n) is 8.46. The Bertz CT molecular complexity index is 1050. The number of nitriles is 1. The first kappa shape index (κ1) is 19.3. The van der Waals surface area contributed by atoms with E-state index in [0.29, 0.717) is 21.9 Å². The van der Waals surface area contributed by atoms with Gasteiger partial charge in [-0.25, -0.2) is 4.39 Å². The molecule has 0 saturated carbocycles. The van der Waals surface area contributed by atoms with E-state index in [9.17, 15) is 14.4 Å². The predicted octanol–water partition coefficient (Wildman–Crippen LogP) is 5.69. The first-order valence-corrected chi connectivity index (χ1v) is 8.84. The maximum atomic E-state index is 12.9. The Hall–Kier alpha value is -3.42. The fourth-order valence-electron chi connectivity index (χ4n) is 2.57. The van der Waals surface area contributed by atoms with Gasteiger partial charge in [0.1, 0.15) is 11.6 Å². The molecule has 0 fully saturated rings. The second-order valence-electron chi connectivity index (χ2n) is 6.03. The molecule has 3 aromatic rings. The number of benzene rings is 3. The summed E-state index contributed by atoms with van der Waals surface area (Å²) in [6.45, 7) is 0. The summed E-state index contributed by atoms with van der Waals surface area (Å²) in [5, 5.41) is 9.97. The summed E-state index contributed by atoms with van der Waals surface area (Å²) < 4.78 is 18.2. The summed E-state index contributed by atoms with van der Waals surface area (Å²) in [4.78, 5) is 12.0. The third-order valence-electron chi connectivity index (χ3n) is 3.94. The Kier molecular flexibility index (Phi) is 6.21. The summed E-state index contributed by atoms with van der Waals surface area (Å²) in [7, 11) is 0. The van der Waals surface area contributed by atoms with Crippen LogP contribution in [0.3, 0.4) is 0 Å². The zero-order valence-electron chi connectivity index (χ0n) is 14.7. The van der Waals surface area contributed by atoms with Gasteiger partial charge in [-0.1, -0.05) is 48.0 Å². The molecule has 0 aromatic heterocycles. The summed E-state index contributed by atoms with van der Waals surface area (Å²) in [6, 6.07) is 21.7. The zero-order chi connectivity index (χ0) is 19.9. The Morgan fingerprint density at radius 3 is 2.43 bits per heavy atom. The molecule has 138 valence electrons. The highest BCUT2D eigenvalue weighted by Gasteiger charge is 2.07. The van der Waals surface area contributed by atoms with Crippen LogP contribution in [0.15, 0.2) is 72.8 Å². The fourth-order valence-corrected chi connectivity index (χ4v) is 2.76. The number of ether oxygens (including phenoxy) is 1. The molecule has 0 N–H and O–H groups in total. The van der Waals surface area contributed by atoms with Gasteiger partial charge in [0.15, 0.2) is 0 Å². The van der Waals surface area contributed by atoms with Crippen LogP contribution in [0.5, 0.6) is 5.75 Å². The maximum absolute atomic E-state index is 12.9. The van der Waals surface area contributed by atoms with Crippen molar-refractivity contribution in [2.45, 2.75) is 6.42 Å². The van der Waals surface area contributed by atoms with Crippen molar-refractivity contribution in [2.24, 2.45) is 0 Å². The van der Waals surface area contributed by atoms with Crippen molar-refractivity contribution < 1.29 is 13.9 Å². The van der Waals surface area contributed by atoms with Crippen LogP contribution >= 0.6 is 11.6 Å². The molecule has 0 aliphatic rings. The lowest BCUT2D eigenvalue weighted by Crippen LogP contribution is -2.11.